The molecule has 0 unspecified atom stereocenters. The first-order valence-electron chi connectivity index (χ1n) is 2.09. The summed E-state index contributed by atoms with van der Waals surface area (Å²) in [7, 11) is 0. The monoisotopic (exact) mass is 93.1 g/mol. The van der Waals surface area contributed by atoms with Crippen molar-refractivity contribution in [3.8, 4) is 6.07 Å². The van der Waals surface area contributed by atoms with Gasteiger partial charge in [0.15, 0.2) is 0 Å². The number of nitriles is 1. The summed E-state index contributed by atoms with van der Waals surface area (Å²) in [5.41, 5.74) is 0. The lowest BCUT2D eigenvalue weighted by molar-refractivity contribution is 1.53. The fourth-order valence-corrected chi connectivity index (χ4v) is 0.210. The zero-order valence-corrected chi connectivity index (χ0v) is 4.26. The van der Waals surface area contributed by atoms with Crippen LogP contribution in [0.15, 0.2) is 24.3 Å². The first kappa shape index (κ1) is 5.97. The Hall–Kier alpha value is -1.03. The molecule has 7 heavy (non-hydrogen) atoms. The van der Waals surface area contributed by atoms with Crippen LogP contribution in [0, 0.1) is 11.3 Å². The molecule has 1 heteroatoms. The van der Waals surface area contributed by atoms with Crippen molar-refractivity contribution in [1.29, 1.82) is 5.26 Å². The minimum atomic E-state index is 1.43. The number of allylic oxidation sites excluding steroid dienone is 4. The zero-order valence-electron chi connectivity index (χ0n) is 4.26. The molecule has 0 fully saturated rings. The lowest BCUT2D eigenvalue weighted by Gasteiger charge is -1.61. The molecule has 0 aliphatic heterocycles. The smallest absolute Gasteiger partial charge is 0.0912 e. The topological polar surface area (TPSA) is 23.8 Å². The predicted molar refractivity (Wildman–Crippen MR) is 29.6 cm³/mol. The third-order valence-electron chi connectivity index (χ3n) is 0.474. The van der Waals surface area contributed by atoms with E-state index in [0.717, 1.165) is 0 Å². The van der Waals surface area contributed by atoms with Gasteiger partial charge >= 0.3 is 0 Å². The summed E-state index contributed by atoms with van der Waals surface area (Å²) in [6, 6.07) is 1.87. The highest BCUT2D eigenvalue weighted by Gasteiger charge is 1.54. The van der Waals surface area contributed by atoms with Gasteiger partial charge in [-0.05, 0) is 6.92 Å². The maximum atomic E-state index is 7.92. The SMILES string of the molecule is C/C=C/C=C/C#N. The van der Waals surface area contributed by atoms with E-state index in [1.807, 2.05) is 25.1 Å². The van der Waals surface area contributed by atoms with E-state index in [-0.39, 0.29) is 0 Å². The van der Waals surface area contributed by atoms with Crippen molar-refractivity contribution >= 4 is 0 Å². The lowest BCUT2D eigenvalue weighted by Crippen LogP contribution is -1.43. The molecule has 0 rings (SSSR count). The average molecular weight is 93.1 g/mol. The second-order valence-electron chi connectivity index (χ2n) is 1.01. The second-order valence-corrected chi connectivity index (χ2v) is 1.01. The van der Waals surface area contributed by atoms with E-state index >= 15 is 0 Å². The van der Waals surface area contributed by atoms with E-state index in [9.17, 15) is 0 Å². The van der Waals surface area contributed by atoms with Crippen molar-refractivity contribution in [3.05, 3.63) is 24.3 Å². The zero-order chi connectivity index (χ0) is 5.54. The maximum absolute atomic E-state index is 7.92. The standard InChI is InChI=1S/C6H7N/c1-2-3-4-5-6-7/h2-5H,1H3/b3-2+,5-4+. The molecule has 0 heterocycles. The number of hydrogen-bond acceptors (Lipinski definition) is 1. The minimum Gasteiger partial charge on any atom is -0.193 e. The molecule has 0 N–H and O–H groups in total. The molecule has 0 bridgehead atoms. The van der Waals surface area contributed by atoms with E-state index in [4.69, 9.17) is 5.26 Å². The predicted octanol–water partition coefficient (Wildman–Crippen LogP) is 1.64. The van der Waals surface area contributed by atoms with Crippen molar-refractivity contribution in [1.82, 2.24) is 0 Å². The van der Waals surface area contributed by atoms with E-state index in [0.29, 0.717) is 0 Å². The fraction of sp³-hybridized carbons (Fsp3) is 0.167. The molecule has 0 aliphatic carbocycles. The van der Waals surface area contributed by atoms with Crippen LogP contribution < -0.4 is 0 Å². The third kappa shape index (κ3) is 4.97. The Balaban J connectivity index is 3.33. The van der Waals surface area contributed by atoms with Crippen LogP contribution in [0.5, 0.6) is 0 Å². The van der Waals surface area contributed by atoms with Crippen LogP contribution in [0.3, 0.4) is 0 Å². The van der Waals surface area contributed by atoms with Crippen LogP contribution in [0.1, 0.15) is 6.92 Å². The molecule has 0 atom stereocenters. The Kier molecular flexibility index (Phi) is 4.24. The van der Waals surface area contributed by atoms with Crippen molar-refractivity contribution in [2.75, 3.05) is 0 Å². The summed E-state index contributed by atoms with van der Waals surface area (Å²) in [4.78, 5) is 0. The Bertz CT molecular complexity index is 115. The Morgan fingerprint density at radius 3 is 2.57 bits per heavy atom. The van der Waals surface area contributed by atoms with E-state index < -0.39 is 0 Å². The van der Waals surface area contributed by atoms with E-state index in [1.165, 1.54) is 6.08 Å². The highest BCUT2D eigenvalue weighted by molar-refractivity contribution is 5.10. The molecule has 0 amide bonds. The summed E-state index contributed by atoms with van der Waals surface area (Å²) in [5, 5.41) is 7.92. The highest BCUT2D eigenvalue weighted by Crippen LogP contribution is 1.71. The summed E-state index contributed by atoms with van der Waals surface area (Å²) in [5.74, 6) is 0. The molecule has 0 radical (unpaired) electrons. The molecule has 0 aliphatic rings. The molecule has 0 spiro atoms. The maximum Gasteiger partial charge on any atom is 0.0912 e. The minimum absolute atomic E-state index is 1.43. The quantitative estimate of drug-likeness (QED) is 0.357. The van der Waals surface area contributed by atoms with E-state index in [2.05, 4.69) is 0 Å². The molecule has 0 aromatic carbocycles. The molecular formula is C6H7N. The Morgan fingerprint density at radius 2 is 2.14 bits per heavy atom. The number of rotatable bonds is 1. The average Bonchev–Trinajstić information content (AvgIpc) is 1.69. The molecule has 36 valence electrons. The molecular weight excluding hydrogens is 86.1 g/mol. The number of nitrogens with zero attached hydrogens (tertiary/aromatic N) is 1. The van der Waals surface area contributed by atoms with Crippen LogP contribution in [0.4, 0.5) is 0 Å². The molecule has 0 aromatic rings. The van der Waals surface area contributed by atoms with Crippen LogP contribution in [0.25, 0.3) is 0 Å². The summed E-state index contributed by atoms with van der Waals surface area (Å²) >= 11 is 0. The second kappa shape index (κ2) is 4.97. The molecule has 1 nitrogen and oxygen atoms in total. The van der Waals surface area contributed by atoms with Crippen molar-refractivity contribution < 1.29 is 0 Å². The lowest BCUT2D eigenvalue weighted by atomic mass is 10.5. The van der Waals surface area contributed by atoms with E-state index in [1.54, 1.807) is 6.08 Å². The van der Waals surface area contributed by atoms with Gasteiger partial charge in [0.05, 0.1) is 6.07 Å². The van der Waals surface area contributed by atoms with Crippen molar-refractivity contribution in [2.45, 2.75) is 6.92 Å². The highest BCUT2D eigenvalue weighted by atomic mass is 14.2. The molecule has 0 saturated heterocycles. The van der Waals surface area contributed by atoms with Gasteiger partial charge in [-0.3, -0.25) is 0 Å². The van der Waals surface area contributed by atoms with Crippen molar-refractivity contribution in [2.24, 2.45) is 0 Å². The van der Waals surface area contributed by atoms with Gasteiger partial charge in [-0.25, -0.2) is 0 Å². The van der Waals surface area contributed by atoms with Gasteiger partial charge in [-0.1, -0.05) is 18.2 Å². The fourth-order valence-electron chi connectivity index (χ4n) is 0.210. The van der Waals surface area contributed by atoms with Gasteiger partial charge in [0.1, 0.15) is 0 Å². The van der Waals surface area contributed by atoms with Crippen LogP contribution in [-0.4, -0.2) is 0 Å². The third-order valence-corrected chi connectivity index (χ3v) is 0.474. The summed E-state index contributed by atoms with van der Waals surface area (Å²) in [6.07, 6.45) is 6.80. The molecule has 0 saturated carbocycles. The summed E-state index contributed by atoms with van der Waals surface area (Å²) < 4.78 is 0. The van der Waals surface area contributed by atoms with Gasteiger partial charge in [0.2, 0.25) is 0 Å². The van der Waals surface area contributed by atoms with Crippen LogP contribution >= 0.6 is 0 Å². The molecule has 0 aromatic heterocycles. The van der Waals surface area contributed by atoms with Crippen LogP contribution in [-0.2, 0) is 0 Å². The van der Waals surface area contributed by atoms with Gasteiger partial charge in [-0.15, -0.1) is 0 Å². The summed E-state index contributed by atoms with van der Waals surface area (Å²) in [6.45, 7) is 1.90. The normalized spacial score (nSPS) is 10.3. The largest absolute Gasteiger partial charge is 0.193 e. The van der Waals surface area contributed by atoms with Crippen molar-refractivity contribution in [3.63, 3.8) is 0 Å². The Labute approximate surface area is 43.6 Å². The van der Waals surface area contributed by atoms with Crippen LogP contribution in [0.2, 0.25) is 0 Å². The Morgan fingerprint density at radius 1 is 1.43 bits per heavy atom. The van der Waals surface area contributed by atoms with Gasteiger partial charge in [-0.2, -0.15) is 5.26 Å². The first-order chi connectivity index (χ1) is 3.41. The number of hydrogen-bond donors (Lipinski definition) is 0. The van der Waals surface area contributed by atoms with Gasteiger partial charge in [0, 0.05) is 6.08 Å². The first-order valence-corrected chi connectivity index (χ1v) is 2.09. The van der Waals surface area contributed by atoms with Gasteiger partial charge in [0.25, 0.3) is 0 Å². The van der Waals surface area contributed by atoms with Gasteiger partial charge < -0.3 is 0 Å².